The van der Waals surface area contributed by atoms with Crippen molar-refractivity contribution in [3.63, 3.8) is 0 Å². The molecule has 1 fully saturated rings. The van der Waals surface area contributed by atoms with Crippen molar-refractivity contribution in [1.29, 1.82) is 0 Å². The van der Waals surface area contributed by atoms with E-state index in [0.29, 0.717) is 30.3 Å². The van der Waals surface area contributed by atoms with Crippen molar-refractivity contribution in [1.82, 2.24) is 19.8 Å². The number of likely N-dealkylation sites (tertiary alicyclic amines) is 1. The summed E-state index contributed by atoms with van der Waals surface area (Å²) >= 11 is 0. The number of nitro benzene ring substituents is 1. The van der Waals surface area contributed by atoms with Gasteiger partial charge in [-0.1, -0.05) is 0 Å². The van der Waals surface area contributed by atoms with E-state index in [0.717, 1.165) is 19.4 Å². The molecule has 0 bridgehead atoms. The van der Waals surface area contributed by atoms with E-state index in [2.05, 4.69) is 10.3 Å². The molecule has 0 spiro atoms. The molecule has 1 unspecified atom stereocenters. The molecule has 1 aliphatic rings. The van der Waals surface area contributed by atoms with Crippen molar-refractivity contribution < 1.29 is 9.72 Å². The van der Waals surface area contributed by atoms with Crippen LogP contribution >= 0.6 is 0 Å². The van der Waals surface area contributed by atoms with Crippen LogP contribution in [0.1, 0.15) is 23.2 Å². The van der Waals surface area contributed by atoms with E-state index in [4.69, 9.17) is 0 Å². The Bertz CT molecular complexity index is 758. The van der Waals surface area contributed by atoms with Gasteiger partial charge in [0.1, 0.15) is 5.69 Å². The number of benzene rings is 1. The highest BCUT2D eigenvalue weighted by Gasteiger charge is 2.26. The van der Waals surface area contributed by atoms with Crippen LogP contribution in [0.3, 0.4) is 0 Å². The Morgan fingerprint density at radius 3 is 3.00 bits per heavy atom. The molecule has 132 valence electrons. The van der Waals surface area contributed by atoms with Crippen LogP contribution in [0.4, 0.5) is 5.69 Å². The van der Waals surface area contributed by atoms with Gasteiger partial charge in [-0.05, 0) is 44.5 Å². The van der Waals surface area contributed by atoms with Gasteiger partial charge in [-0.25, -0.2) is 4.98 Å². The quantitative estimate of drug-likeness (QED) is 0.660. The molecule has 2 heterocycles. The lowest BCUT2D eigenvalue weighted by atomic mass is 9.97. The topological polar surface area (TPSA) is 93.3 Å². The number of hydrogen-bond acceptors (Lipinski definition) is 5. The maximum absolute atomic E-state index is 12.8. The van der Waals surface area contributed by atoms with Gasteiger partial charge in [-0.2, -0.15) is 0 Å². The number of nitrogens with one attached hydrogen (secondary N) is 1. The third-order valence-electron chi connectivity index (χ3n) is 4.50. The van der Waals surface area contributed by atoms with E-state index in [1.54, 1.807) is 34.0 Å². The van der Waals surface area contributed by atoms with Crippen LogP contribution in [0.25, 0.3) is 5.69 Å². The summed E-state index contributed by atoms with van der Waals surface area (Å²) in [5, 5.41) is 14.6. The van der Waals surface area contributed by atoms with Crippen LogP contribution in [0.2, 0.25) is 0 Å². The summed E-state index contributed by atoms with van der Waals surface area (Å²) in [6.07, 6.45) is 6.73. The Labute approximate surface area is 145 Å². The number of carbonyl (C=O) groups excluding carboxylic acids is 1. The Balaban J connectivity index is 1.86. The molecular weight excluding hydrogens is 322 g/mol. The molecule has 1 saturated heterocycles. The number of hydrogen-bond donors (Lipinski definition) is 1. The molecule has 0 saturated carbocycles. The smallest absolute Gasteiger partial charge is 0.294 e. The van der Waals surface area contributed by atoms with Crippen molar-refractivity contribution in [2.24, 2.45) is 5.92 Å². The summed E-state index contributed by atoms with van der Waals surface area (Å²) in [5.74, 6) is 0.268. The second-order valence-electron chi connectivity index (χ2n) is 6.25. The minimum Gasteiger partial charge on any atom is -0.338 e. The van der Waals surface area contributed by atoms with E-state index in [9.17, 15) is 14.9 Å². The van der Waals surface area contributed by atoms with Crippen molar-refractivity contribution in [2.75, 3.05) is 26.7 Å². The Hall–Kier alpha value is -2.74. The van der Waals surface area contributed by atoms with Gasteiger partial charge in [0.15, 0.2) is 0 Å². The number of amides is 1. The fourth-order valence-corrected chi connectivity index (χ4v) is 3.31. The van der Waals surface area contributed by atoms with Crippen LogP contribution in [0.15, 0.2) is 36.9 Å². The van der Waals surface area contributed by atoms with Gasteiger partial charge in [0, 0.05) is 37.1 Å². The minimum atomic E-state index is -0.466. The molecule has 0 aliphatic carbocycles. The fourth-order valence-electron chi connectivity index (χ4n) is 3.31. The minimum absolute atomic E-state index is 0.104. The number of imidazole rings is 1. The molecule has 1 N–H and O–H groups in total. The van der Waals surface area contributed by atoms with Crippen LogP contribution in [-0.4, -0.2) is 52.0 Å². The van der Waals surface area contributed by atoms with Crippen molar-refractivity contribution >= 4 is 11.6 Å². The average Bonchev–Trinajstić information content (AvgIpc) is 3.15. The van der Waals surface area contributed by atoms with Gasteiger partial charge in [-0.15, -0.1) is 0 Å². The largest absolute Gasteiger partial charge is 0.338 e. The van der Waals surface area contributed by atoms with E-state index < -0.39 is 4.92 Å². The van der Waals surface area contributed by atoms with Gasteiger partial charge >= 0.3 is 0 Å². The third kappa shape index (κ3) is 3.69. The van der Waals surface area contributed by atoms with E-state index >= 15 is 0 Å². The van der Waals surface area contributed by atoms with Gasteiger partial charge in [0.25, 0.3) is 11.6 Å². The van der Waals surface area contributed by atoms with Gasteiger partial charge in [-0.3, -0.25) is 14.9 Å². The van der Waals surface area contributed by atoms with E-state index in [-0.39, 0.29) is 11.6 Å². The summed E-state index contributed by atoms with van der Waals surface area (Å²) < 4.78 is 1.57. The Morgan fingerprint density at radius 1 is 1.48 bits per heavy atom. The number of nitrogens with zero attached hydrogens (tertiary/aromatic N) is 4. The lowest BCUT2D eigenvalue weighted by molar-refractivity contribution is -0.384. The first-order valence-corrected chi connectivity index (χ1v) is 8.31. The maximum atomic E-state index is 12.8. The monoisotopic (exact) mass is 343 g/mol. The second-order valence-corrected chi connectivity index (χ2v) is 6.25. The first-order chi connectivity index (χ1) is 12.1. The normalized spacial score (nSPS) is 17.5. The van der Waals surface area contributed by atoms with Gasteiger partial charge in [0.2, 0.25) is 0 Å². The molecule has 0 radical (unpaired) electrons. The fraction of sp³-hybridized carbons (Fsp3) is 0.412. The molecule has 1 amide bonds. The maximum Gasteiger partial charge on any atom is 0.294 e. The predicted octanol–water partition coefficient (Wildman–Crippen LogP) is 1.85. The molecule has 25 heavy (non-hydrogen) atoms. The molecule has 3 rings (SSSR count). The SMILES string of the molecule is CNCC1CCCN(C(=O)c2ccc(-n3ccnc3)c([N+](=O)[O-])c2)C1. The van der Waals surface area contributed by atoms with Crippen LogP contribution in [0, 0.1) is 16.0 Å². The molecule has 1 aromatic carbocycles. The molecule has 8 nitrogen and oxygen atoms in total. The number of piperidine rings is 1. The lowest BCUT2D eigenvalue weighted by Gasteiger charge is -2.32. The van der Waals surface area contributed by atoms with Crippen LogP contribution < -0.4 is 5.32 Å². The summed E-state index contributed by atoms with van der Waals surface area (Å²) in [5.41, 5.74) is 0.638. The summed E-state index contributed by atoms with van der Waals surface area (Å²) in [6, 6.07) is 4.60. The Morgan fingerprint density at radius 2 is 2.32 bits per heavy atom. The number of nitro groups is 1. The lowest BCUT2D eigenvalue weighted by Crippen LogP contribution is -2.42. The molecule has 8 heteroatoms. The highest BCUT2D eigenvalue weighted by atomic mass is 16.6. The van der Waals surface area contributed by atoms with Crippen molar-refractivity contribution in [3.05, 3.63) is 52.6 Å². The summed E-state index contributed by atoms with van der Waals surface area (Å²) in [7, 11) is 1.90. The standard InChI is InChI=1S/C17H21N5O3/c1-18-10-13-3-2-7-20(11-13)17(23)14-4-5-15(16(9-14)22(24)25)21-8-6-19-12-21/h4-6,8-9,12-13,18H,2-3,7,10-11H2,1H3. The predicted molar refractivity (Wildman–Crippen MR) is 92.8 cm³/mol. The highest BCUT2D eigenvalue weighted by Crippen LogP contribution is 2.26. The summed E-state index contributed by atoms with van der Waals surface area (Å²) in [4.78, 5) is 29.5. The Kier molecular flexibility index (Phi) is 5.08. The number of carbonyl (C=O) groups is 1. The summed E-state index contributed by atoms with van der Waals surface area (Å²) in [6.45, 7) is 2.23. The highest BCUT2D eigenvalue weighted by molar-refractivity contribution is 5.95. The zero-order chi connectivity index (χ0) is 17.8. The average molecular weight is 343 g/mol. The van der Waals surface area contributed by atoms with Crippen LogP contribution in [0.5, 0.6) is 0 Å². The molecular formula is C17H21N5O3. The zero-order valence-corrected chi connectivity index (χ0v) is 14.1. The van der Waals surface area contributed by atoms with Gasteiger partial charge < -0.3 is 14.8 Å². The number of rotatable bonds is 5. The first-order valence-electron chi connectivity index (χ1n) is 8.31. The van der Waals surface area contributed by atoms with Crippen LogP contribution in [-0.2, 0) is 0 Å². The zero-order valence-electron chi connectivity index (χ0n) is 14.1. The van der Waals surface area contributed by atoms with E-state index in [1.807, 2.05) is 7.05 Å². The van der Waals surface area contributed by atoms with Crippen molar-refractivity contribution in [2.45, 2.75) is 12.8 Å². The van der Waals surface area contributed by atoms with Crippen molar-refractivity contribution in [3.8, 4) is 5.69 Å². The second kappa shape index (κ2) is 7.43. The molecule has 1 aliphatic heterocycles. The molecule has 2 aromatic rings. The number of aromatic nitrogens is 2. The first kappa shape index (κ1) is 17.1. The third-order valence-corrected chi connectivity index (χ3v) is 4.50. The van der Waals surface area contributed by atoms with Gasteiger partial charge in [0.05, 0.1) is 11.3 Å². The van der Waals surface area contributed by atoms with E-state index in [1.165, 1.54) is 12.4 Å². The molecule has 1 aromatic heterocycles. The molecule has 1 atom stereocenters.